The molecule has 0 saturated heterocycles. The lowest BCUT2D eigenvalue weighted by atomic mass is 10.0. The number of nitrogens with zero attached hydrogens (tertiary/aromatic N) is 1. The topological polar surface area (TPSA) is 24.9 Å². The van der Waals surface area contributed by atoms with Crippen molar-refractivity contribution in [2.24, 2.45) is 5.92 Å². The Morgan fingerprint density at radius 2 is 1.90 bits per heavy atom. The normalized spacial score (nSPS) is 17.3. The summed E-state index contributed by atoms with van der Waals surface area (Å²) in [6, 6.07) is 0. The van der Waals surface area contributed by atoms with Crippen molar-refractivity contribution in [1.82, 2.24) is 10.3 Å². The average molecular weight is 309 g/mol. The molecule has 1 aliphatic rings. The maximum Gasteiger partial charge on any atom is 0.0962 e. The molecule has 0 atom stereocenters. The van der Waals surface area contributed by atoms with Gasteiger partial charge in [0.25, 0.3) is 0 Å². The molecular weight excluding hydrogens is 276 g/mol. The Hall–Kier alpha value is -0.410. The van der Waals surface area contributed by atoms with E-state index >= 15 is 0 Å². The second-order valence-electron chi connectivity index (χ2n) is 6.89. The van der Waals surface area contributed by atoms with Crippen molar-refractivity contribution in [3.8, 4) is 0 Å². The van der Waals surface area contributed by atoms with Crippen molar-refractivity contribution in [2.75, 3.05) is 6.54 Å². The number of aromatic nitrogens is 1. The molecule has 1 saturated carbocycles. The first kappa shape index (κ1) is 17.0. The lowest BCUT2D eigenvalue weighted by Gasteiger charge is -2.09. The van der Waals surface area contributed by atoms with E-state index in [4.69, 9.17) is 4.98 Å². The van der Waals surface area contributed by atoms with Crippen molar-refractivity contribution < 1.29 is 0 Å². The van der Waals surface area contributed by atoms with Crippen LogP contribution in [0.3, 0.4) is 0 Å². The highest BCUT2D eigenvalue weighted by molar-refractivity contribution is 7.11. The van der Waals surface area contributed by atoms with E-state index in [1.807, 2.05) is 11.3 Å². The molecule has 1 N–H and O–H groups in total. The van der Waals surface area contributed by atoms with E-state index in [0.717, 1.165) is 25.4 Å². The van der Waals surface area contributed by atoms with Crippen LogP contribution in [0.2, 0.25) is 0 Å². The number of rotatable bonds is 7. The molecular formula is C18H32N2S. The summed E-state index contributed by atoms with van der Waals surface area (Å²) in [5, 5.41) is 5.00. The lowest BCUT2D eigenvalue weighted by molar-refractivity contribution is 0.580. The first-order valence-corrected chi connectivity index (χ1v) is 9.71. The Morgan fingerprint density at radius 1 is 1.19 bits per heavy atom. The quantitative estimate of drug-likeness (QED) is 0.547. The minimum Gasteiger partial charge on any atom is -0.312 e. The molecule has 1 aromatic heterocycles. The van der Waals surface area contributed by atoms with Crippen LogP contribution in [-0.2, 0) is 13.0 Å². The Kier molecular flexibility index (Phi) is 7.18. The molecule has 0 aromatic carbocycles. The van der Waals surface area contributed by atoms with E-state index in [2.05, 4.69) is 26.1 Å². The van der Waals surface area contributed by atoms with Gasteiger partial charge < -0.3 is 5.32 Å². The molecule has 0 spiro atoms. The van der Waals surface area contributed by atoms with Gasteiger partial charge in [-0.05, 0) is 38.1 Å². The van der Waals surface area contributed by atoms with Crippen LogP contribution in [0.4, 0.5) is 0 Å². The van der Waals surface area contributed by atoms with Crippen LogP contribution >= 0.6 is 11.3 Å². The fourth-order valence-electron chi connectivity index (χ4n) is 3.17. The van der Waals surface area contributed by atoms with Crippen LogP contribution in [0.25, 0.3) is 0 Å². The summed E-state index contributed by atoms with van der Waals surface area (Å²) in [7, 11) is 0. The third kappa shape index (κ3) is 5.37. The predicted octanol–water partition coefficient (Wildman–Crippen LogP) is 5.28. The molecule has 0 unspecified atom stereocenters. The third-order valence-electron chi connectivity index (χ3n) is 4.31. The van der Waals surface area contributed by atoms with Gasteiger partial charge in [0.15, 0.2) is 0 Å². The fourth-order valence-corrected chi connectivity index (χ4v) is 4.40. The molecule has 21 heavy (non-hydrogen) atoms. The molecule has 1 fully saturated rings. The SMILES string of the molecule is CCCNCc1sc(C2CCCCCC2)nc1CC(C)C. The standard InChI is InChI=1S/C18H32N2S/c1-4-11-19-13-17-16(12-14(2)3)20-18(21-17)15-9-7-5-6-8-10-15/h14-15,19H,4-13H2,1-3H3. The van der Waals surface area contributed by atoms with Crippen LogP contribution < -0.4 is 5.32 Å². The Morgan fingerprint density at radius 3 is 2.52 bits per heavy atom. The Balaban J connectivity index is 2.09. The summed E-state index contributed by atoms with van der Waals surface area (Å²) in [6.45, 7) is 8.95. The molecule has 0 bridgehead atoms. The first-order valence-electron chi connectivity index (χ1n) is 8.89. The van der Waals surface area contributed by atoms with Crippen LogP contribution in [0.1, 0.15) is 87.2 Å². The third-order valence-corrected chi connectivity index (χ3v) is 5.57. The summed E-state index contributed by atoms with van der Waals surface area (Å²) in [6.07, 6.45) is 10.7. The van der Waals surface area contributed by atoms with Gasteiger partial charge in [-0.25, -0.2) is 4.98 Å². The maximum atomic E-state index is 5.07. The number of nitrogens with one attached hydrogen (secondary N) is 1. The van der Waals surface area contributed by atoms with Crippen molar-refractivity contribution in [3.63, 3.8) is 0 Å². The van der Waals surface area contributed by atoms with Gasteiger partial charge in [0.05, 0.1) is 10.7 Å². The van der Waals surface area contributed by atoms with Gasteiger partial charge in [0.2, 0.25) is 0 Å². The maximum absolute atomic E-state index is 5.07. The largest absolute Gasteiger partial charge is 0.312 e. The van der Waals surface area contributed by atoms with E-state index in [0.29, 0.717) is 5.92 Å². The molecule has 0 radical (unpaired) electrons. The average Bonchev–Trinajstić information content (AvgIpc) is 2.67. The van der Waals surface area contributed by atoms with Gasteiger partial charge in [0, 0.05) is 17.3 Å². The Bertz CT molecular complexity index is 403. The first-order chi connectivity index (χ1) is 10.2. The zero-order valence-corrected chi connectivity index (χ0v) is 14.9. The second kappa shape index (κ2) is 8.89. The lowest BCUT2D eigenvalue weighted by Crippen LogP contribution is -2.14. The highest BCUT2D eigenvalue weighted by Crippen LogP contribution is 2.35. The smallest absolute Gasteiger partial charge is 0.0962 e. The van der Waals surface area contributed by atoms with E-state index in [-0.39, 0.29) is 0 Å². The summed E-state index contributed by atoms with van der Waals surface area (Å²) in [4.78, 5) is 6.57. The monoisotopic (exact) mass is 308 g/mol. The van der Waals surface area contributed by atoms with Crippen LogP contribution in [-0.4, -0.2) is 11.5 Å². The highest BCUT2D eigenvalue weighted by atomic mass is 32.1. The van der Waals surface area contributed by atoms with Crippen LogP contribution in [0.5, 0.6) is 0 Å². The minimum atomic E-state index is 0.694. The molecule has 2 nitrogen and oxygen atoms in total. The highest BCUT2D eigenvalue weighted by Gasteiger charge is 2.20. The number of hydrogen-bond acceptors (Lipinski definition) is 3. The van der Waals surface area contributed by atoms with Crippen LogP contribution in [0.15, 0.2) is 0 Å². The van der Waals surface area contributed by atoms with Gasteiger partial charge in [-0.15, -0.1) is 11.3 Å². The molecule has 1 aromatic rings. The molecule has 0 amide bonds. The van der Waals surface area contributed by atoms with Gasteiger partial charge in [-0.1, -0.05) is 46.5 Å². The van der Waals surface area contributed by atoms with Gasteiger partial charge in [-0.2, -0.15) is 0 Å². The zero-order chi connectivity index (χ0) is 15.1. The van der Waals surface area contributed by atoms with E-state index in [1.54, 1.807) is 0 Å². The van der Waals surface area contributed by atoms with Crippen LogP contribution in [0, 0.1) is 5.92 Å². The zero-order valence-electron chi connectivity index (χ0n) is 14.1. The van der Waals surface area contributed by atoms with Crippen molar-refractivity contribution in [1.29, 1.82) is 0 Å². The summed E-state index contributed by atoms with van der Waals surface area (Å²) in [5.41, 5.74) is 1.37. The second-order valence-corrected chi connectivity index (χ2v) is 8.00. The molecule has 3 heteroatoms. The van der Waals surface area contributed by atoms with Crippen molar-refractivity contribution in [3.05, 3.63) is 15.6 Å². The fraction of sp³-hybridized carbons (Fsp3) is 0.833. The number of hydrogen-bond donors (Lipinski definition) is 1. The molecule has 1 heterocycles. The van der Waals surface area contributed by atoms with E-state index in [1.165, 1.54) is 60.5 Å². The van der Waals surface area contributed by atoms with E-state index in [9.17, 15) is 0 Å². The predicted molar refractivity (Wildman–Crippen MR) is 93.1 cm³/mol. The molecule has 0 aliphatic heterocycles. The van der Waals surface area contributed by atoms with Gasteiger partial charge in [-0.3, -0.25) is 0 Å². The molecule has 2 rings (SSSR count). The van der Waals surface area contributed by atoms with E-state index < -0.39 is 0 Å². The summed E-state index contributed by atoms with van der Waals surface area (Å²) in [5.74, 6) is 1.43. The molecule has 120 valence electrons. The Labute approximate surface area is 134 Å². The van der Waals surface area contributed by atoms with Gasteiger partial charge in [0.1, 0.15) is 0 Å². The van der Waals surface area contributed by atoms with Crippen molar-refractivity contribution >= 4 is 11.3 Å². The summed E-state index contributed by atoms with van der Waals surface area (Å²) >= 11 is 1.99. The summed E-state index contributed by atoms with van der Waals surface area (Å²) < 4.78 is 0. The number of thiazole rings is 1. The van der Waals surface area contributed by atoms with Gasteiger partial charge >= 0.3 is 0 Å². The molecule has 1 aliphatic carbocycles. The minimum absolute atomic E-state index is 0.694. The van der Waals surface area contributed by atoms with Crippen molar-refractivity contribution in [2.45, 2.75) is 84.6 Å².